The maximum Gasteiger partial charge on any atom is 0.319 e. The second kappa shape index (κ2) is 11.7. The number of urea groups is 1. The van der Waals surface area contributed by atoms with Gasteiger partial charge in [-0.15, -0.1) is 0 Å². The molecule has 0 atom stereocenters. The molecule has 0 spiro atoms. The fourth-order valence-electron chi connectivity index (χ4n) is 4.51. The highest BCUT2D eigenvalue weighted by molar-refractivity contribution is 6.33. The minimum absolute atomic E-state index is 0.246. The number of nitrogens with one attached hydrogen (secondary N) is 2. The van der Waals surface area contributed by atoms with Gasteiger partial charge in [0, 0.05) is 37.8 Å². The van der Waals surface area contributed by atoms with E-state index in [4.69, 9.17) is 35.3 Å². The van der Waals surface area contributed by atoms with Crippen molar-refractivity contribution in [1.29, 1.82) is 0 Å². The zero-order valence-corrected chi connectivity index (χ0v) is 22.2. The molecule has 11 nitrogen and oxygen atoms in total. The largest absolute Gasteiger partial charge is 0.489 e. The molecule has 206 valence electrons. The summed E-state index contributed by atoms with van der Waals surface area (Å²) in [5.74, 6) is 2.32. The summed E-state index contributed by atoms with van der Waals surface area (Å²) in [7, 11) is 0. The van der Waals surface area contributed by atoms with Crippen LogP contribution in [0.4, 0.5) is 10.5 Å². The van der Waals surface area contributed by atoms with Gasteiger partial charge in [-0.25, -0.2) is 14.8 Å². The van der Waals surface area contributed by atoms with Crippen molar-refractivity contribution in [3.63, 3.8) is 0 Å². The maximum absolute atomic E-state index is 12.1. The van der Waals surface area contributed by atoms with Crippen LogP contribution in [-0.2, 0) is 4.74 Å². The summed E-state index contributed by atoms with van der Waals surface area (Å²) in [4.78, 5) is 23.3. The molecule has 2 fully saturated rings. The average molecular weight is 556 g/mol. The number of carbonyl (C=O) groups excluding carboxylic acids is 1. The summed E-state index contributed by atoms with van der Waals surface area (Å²) >= 11 is 6.43. The molecule has 39 heavy (non-hydrogen) atoms. The third kappa shape index (κ3) is 6.21. The van der Waals surface area contributed by atoms with Gasteiger partial charge in [-0.3, -0.25) is 4.90 Å². The lowest BCUT2D eigenvalue weighted by Gasteiger charge is -2.26. The van der Waals surface area contributed by atoms with Gasteiger partial charge in [0.15, 0.2) is 11.5 Å². The predicted molar refractivity (Wildman–Crippen MR) is 145 cm³/mol. The lowest BCUT2D eigenvalue weighted by atomic mass is 10.1. The number of ether oxygens (including phenoxy) is 5. The van der Waals surface area contributed by atoms with Gasteiger partial charge >= 0.3 is 6.03 Å². The molecule has 0 radical (unpaired) electrons. The fourth-order valence-corrected chi connectivity index (χ4v) is 4.72. The second-order valence-corrected chi connectivity index (χ2v) is 9.98. The van der Waals surface area contributed by atoms with Gasteiger partial charge in [-0.2, -0.15) is 0 Å². The molecule has 1 saturated carbocycles. The Morgan fingerprint density at radius 1 is 1.08 bits per heavy atom. The van der Waals surface area contributed by atoms with Crippen LogP contribution in [0.5, 0.6) is 28.9 Å². The van der Waals surface area contributed by atoms with Gasteiger partial charge in [-0.1, -0.05) is 11.6 Å². The van der Waals surface area contributed by atoms with Crippen molar-refractivity contribution < 1.29 is 28.5 Å². The van der Waals surface area contributed by atoms with Crippen LogP contribution in [0.2, 0.25) is 5.02 Å². The van der Waals surface area contributed by atoms with Gasteiger partial charge in [0.05, 0.1) is 36.0 Å². The van der Waals surface area contributed by atoms with Crippen molar-refractivity contribution in [2.75, 3.05) is 58.0 Å². The third-order valence-corrected chi connectivity index (χ3v) is 6.95. The number of morpholine rings is 1. The van der Waals surface area contributed by atoms with Crippen LogP contribution in [0.15, 0.2) is 30.6 Å². The Bertz CT molecular complexity index is 1350. The van der Waals surface area contributed by atoms with E-state index in [2.05, 4.69) is 25.5 Å². The Balaban J connectivity index is 1.19. The summed E-state index contributed by atoms with van der Waals surface area (Å²) in [6, 6.07) is 6.81. The molecule has 0 unspecified atom stereocenters. The first-order valence-corrected chi connectivity index (χ1v) is 13.6. The van der Waals surface area contributed by atoms with E-state index >= 15 is 0 Å². The highest BCUT2D eigenvalue weighted by Crippen LogP contribution is 2.48. The zero-order chi connectivity index (χ0) is 26.6. The van der Waals surface area contributed by atoms with Gasteiger partial charge in [0.25, 0.3) is 0 Å². The fraction of sp³-hybridized carbons (Fsp3) is 0.444. The van der Waals surface area contributed by atoms with Crippen LogP contribution in [0.25, 0.3) is 10.9 Å². The molecule has 12 heteroatoms. The minimum atomic E-state index is -0.280. The molecular weight excluding hydrogens is 526 g/mol. The summed E-state index contributed by atoms with van der Waals surface area (Å²) in [6.45, 7) is 5.71. The normalized spacial score (nSPS) is 17.1. The summed E-state index contributed by atoms with van der Waals surface area (Å²) in [5, 5.41) is 6.55. The number of rotatable bonds is 9. The number of anilines is 1. The van der Waals surface area contributed by atoms with E-state index in [0.29, 0.717) is 70.3 Å². The van der Waals surface area contributed by atoms with Crippen molar-refractivity contribution >= 4 is 34.2 Å². The molecule has 0 bridgehead atoms. The summed E-state index contributed by atoms with van der Waals surface area (Å²) in [5.41, 5.74) is 1.09. The van der Waals surface area contributed by atoms with Crippen LogP contribution >= 0.6 is 11.6 Å². The van der Waals surface area contributed by atoms with Crippen LogP contribution < -0.4 is 29.6 Å². The average Bonchev–Trinajstić information content (AvgIpc) is 3.77. The van der Waals surface area contributed by atoms with E-state index in [1.807, 2.05) is 6.07 Å². The monoisotopic (exact) mass is 555 g/mol. The molecule has 1 saturated heterocycles. The van der Waals surface area contributed by atoms with E-state index in [0.717, 1.165) is 52.1 Å². The van der Waals surface area contributed by atoms with Gasteiger partial charge in [-0.05, 0) is 31.4 Å². The van der Waals surface area contributed by atoms with E-state index < -0.39 is 0 Å². The Morgan fingerprint density at radius 3 is 2.69 bits per heavy atom. The van der Waals surface area contributed by atoms with Crippen molar-refractivity contribution in [3.05, 3.63) is 35.6 Å². The molecule has 2 aliphatic heterocycles. The highest BCUT2D eigenvalue weighted by atomic mass is 35.5. The highest BCUT2D eigenvalue weighted by Gasteiger charge is 2.26. The molecule has 6 rings (SSSR count). The summed E-state index contributed by atoms with van der Waals surface area (Å²) in [6.07, 6.45) is 4.30. The van der Waals surface area contributed by atoms with Crippen LogP contribution in [0, 0.1) is 0 Å². The van der Waals surface area contributed by atoms with E-state index in [1.165, 1.54) is 6.33 Å². The molecule has 3 aliphatic rings. The van der Waals surface area contributed by atoms with Crippen molar-refractivity contribution in [2.45, 2.75) is 25.3 Å². The predicted octanol–water partition coefficient (Wildman–Crippen LogP) is 4.23. The number of halogens is 1. The number of hydrogen-bond acceptors (Lipinski definition) is 9. The first-order valence-electron chi connectivity index (χ1n) is 13.2. The maximum atomic E-state index is 12.1. The van der Waals surface area contributed by atoms with Crippen molar-refractivity contribution in [2.24, 2.45) is 0 Å². The van der Waals surface area contributed by atoms with Gasteiger partial charge in [0.1, 0.15) is 30.7 Å². The molecule has 1 aromatic heterocycles. The molecule has 2 aromatic carbocycles. The van der Waals surface area contributed by atoms with E-state index in [1.54, 1.807) is 18.2 Å². The molecule has 3 heterocycles. The standard InChI is InChI=1S/C27H30ClN5O6/c28-19-14-18(4-5-20(19)32-27(34)31-17-2-3-17)39-26-23-21(29-16-30-26)15-22(24-25(23)38-13-12-37-24)36-9-1-6-33-7-10-35-11-8-33/h4-5,14-17H,1-3,6-13H2,(H2,31,32,34). The third-order valence-electron chi connectivity index (χ3n) is 6.64. The lowest BCUT2D eigenvalue weighted by molar-refractivity contribution is 0.0357. The SMILES string of the molecule is O=C(Nc1ccc(Oc2ncnc3cc(OCCCN4CCOCC4)c4c(c23)OCCO4)cc1Cl)NC1CC1. The Kier molecular flexibility index (Phi) is 7.71. The van der Waals surface area contributed by atoms with E-state index in [-0.39, 0.29) is 12.1 Å². The van der Waals surface area contributed by atoms with Crippen molar-refractivity contribution in [1.82, 2.24) is 20.2 Å². The second-order valence-electron chi connectivity index (χ2n) is 9.58. The topological polar surface area (TPSA) is 116 Å². The molecular formula is C27H30ClN5O6. The number of benzene rings is 2. The van der Waals surface area contributed by atoms with Gasteiger partial charge in [0.2, 0.25) is 11.6 Å². The van der Waals surface area contributed by atoms with Crippen LogP contribution in [-0.4, -0.2) is 79.6 Å². The van der Waals surface area contributed by atoms with Crippen LogP contribution in [0.3, 0.4) is 0 Å². The quantitative estimate of drug-likeness (QED) is 0.374. The van der Waals surface area contributed by atoms with Crippen LogP contribution in [0.1, 0.15) is 19.3 Å². The molecule has 2 amide bonds. The lowest BCUT2D eigenvalue weighted by Crippen LogP contribution is -2.37. The molecule has 3 aromatic rings. The number of hydrogen-bond donors (Lipinski definition) is 2. The summed E-state index contributed by atoms with van der Waals surface area (Å²) < 4.78 is 29.6. The Hall–Kier alpha value is -3.54. The molecule has 2 N–H and O–H groups in total. The number of fused-ring (bicyclic) bond motifs is 3. The first kappa shape index (κ1) is 25.7. The number of aromatic nitrogens is 2. The smallest absolute Gasteiger partial charge is 0.319 e. The van der Waals surface area contributed by atoms with Gasteiger partial charge < -0.3 is 34.3 Å². The van der Waals surface area contributed by atoms with E-state index in [9.17, 15) is 4.79 Å². The Labute approximate surface area is 230 Å². The van der Waals surface area contributed by atoms with Crippen molar-refractivity contribution in [3.8, 4) is 28.9 Å². The number of amides is 2. The number of nitrogens with zero attached hydrogens (tertiary/aromatic N) is 3. The zero-order valence-electron chi connectivity index (χ0n) is 21.4. The first-order chi connectivity index (χ1) is 19.1. The molecule has 1 aliphatic carbocycles. The number of carbonyl (C=O) groups is 1. The Morgan fingerprint density at radius 2 is 1.90 bits per heavy atom. The minimum Gasteiger partial charge on any atom is -0.489 e.